The van der Waals surface area contributed by atoms with Crippen molar-refractivity contribution in [2.75, 3.05) is 7.11 Å². The third-order valence-corrected chi connectivity index (χ3v) is 3.32. The largest absolute Gasteiger partial charge is 0.497 e. The molecule has 1 aliphatic rings. The van der Waals surface area contributed by atoms with Crippen molar-refractivity contribution in [3.05, 3.63) is 41.1 Å². The van der Waals surface area contributed by atoms with Crippen molar-refractivity contribution in [2.45, 2.75) is 39.3 Å². The highest BCUT2D eigenvalue weighted by molar-refractivity contribution is 5.95. The van der Waals surface area contributed by atoms with Gasteiger partial charge in [0.25, 0.3) is 0 Å². The highest BCUT2D eigenvalue weighted by atomic mass is 16.6. The van der Waals surface area contributed by atoms with Gasteiger partial charge in [-0.15, -0.1) is 0 Å². The minimum atomic E-state index is -0.620. The fourth-order valence-corrected chi connectivity index (χ4v) is 2.37. The summed E-state index contributed by atoms with van der Waals surface area (Å²) < 4.78 is 10.7. The van der Waals surface area contributed by atoms with Crippen LogP contribution < -0.4 is 15.4 Å². The minimum absolute atomic E-state index is 0.359. The van der Waals surface area contributed by atoms with E-state index in [-0.39, 0.29) is 6.03 Å². The Morgan fingerprint density at radius 1 is 1.26 bits per heavy atom. The number of urea groups is 1. The van der Waals surface area contributed by atoms with Gasteiger partial charge < -0.3 is 20.1 Å². The second-order valence-corrected chi connectivity index (χ2v) is 6.35. The molecule has 0 aliphatic carbocycles. The molecule has 0 bridgehead atoms. The SMILES string of the molecule is COc1cccc(C2NC(=O)NC(C)=C2C(=O)OC(C)(C)C)c1. The Morgan fingerprint density at radius 2 is 1.96 bits per heavy atom. The summed E-state index contributed by atoms with van der Waals surface area (Å²) in [4.78, 5) is 24.4. The molecule has 0 radical (unpaired) electrons. The van der Waals surface area contributed by atoms with Gasteiger partial charge in [0.15, 0.2) is 0 Å². The van der Waals surface area contributed by atoms with Crippen molar-refractivity contribution >= 4 is 12.0 Å². The Balaban J connectivity index is 2.43. The zero-order valence-corrected chi connectivity index (χ0v) is 14.0. The van der Waals surface area contributed by atoms with Crippen molar-refractivity contribution in [1.29, 1.82) is 0 Å². The molecule has 6 nitrogen and oxygen atoms in total. The van der Waals surface area contributed by atoms with Gasteiger partial charge in [-0.1, -0.05) is 12.1 Å². The molecule has 6 heteroatoms. The Bertz CT molecular complexity index is 659. The lowest BCUT2D eigenvalue weighted by molar-refractivity contribution is -0.150. The number of benzene rings is 1. The maximum absolute atomic E-state index is 12.6. The summed E-state index contributed by atoms with van der Waals surface area (Å²) in [5, 5.41) is 5.39. The predicted molar refractivity (Wildman–Crippen MR) is 85.9 cm³/mol. The van der Waals surface area contributed by atoms with Crippen LogP contribution in [0.4, 0.5) is 4.79 Å². The maximum atomic E-state index is 12.6. The van der Waals surface area contributed by atoms with Crippen molar-refractivity contribution in [3.8, 4) is 5.75 Å². The van der Waals surface area contributed by atoms with Crippen LogP contribution >= 0.6 is 0 Å². The van der Waals surface area contributed by atoms with E-state index in [9.17, 15) is 9.59 Å². The lowest BCUT2D eigenvalue weighted by Crippen LogP contribution is -2.46. The molecule has 0 saturated carbocycles. The molecular formula is C17H22N2O4. The molecule has 2 amide bonds. The second-order valence-electron chi connectivity index (χ2n) is 6.35. The first-order chi connectivity index (χ1) is 10.7. The molecule has 1 heterocycles. The summed E-state index contributed by atoms with van der Waals surface area (Å²) in [5.41, 5.74) is 0.994. The lowest BCUT2D eigenvalue weighted by Gasteiger charge is -2.30. The summed E-state index contributed by atoms with van der Waals surface area (Å²) in [5.74, 6) is 0.187. The summed E-state index contributed by atoms with van der Waals surface area (Å²) in [7, 11) is 1.57. The normalized spacial score (nSPS) is 18.1. The predicted octanol–water partition coefficient (Wildman–Crippen LogP) is 2.66. The lowest BCUT2D eigenvalue weighted by atomic mass is 9.95. The van der Waals surface area contributed by atoms with Gasteiger partial charge in [-0.2, -0.15) is 0 Å². The highest BCUT2D eigenvalue weighted by Crippen LogP contribution is 2.30. The summed E-state index contributed by atoms with van der Waals surface area (Å²) >= 11 is 0. The molecule has 1 unspecified atom stereocenters. The molecule has 23 heavy (non-hydrogen) atoms. The molecule has 0 spiro atoms. The Hall–Kier alpha value is -2.50. The first-order valence-corrected chi connectivity index (χ1v) is 7.37. The fourth-order valence-electron chi connectivity index (χ4n) is 2.37. The smallest absolute Gasteiger partial charge is 0.338 e. The summed E-state index contributed by atoms with van der Waals surface area (Å²) in [6.45, 7) is 7.09. The molecular weight excluding hydrogens is 296 g/mol. The number of hydrogen-bond acceptors (Lipinski definition) is 4. The number of esters is 1. The summed E-state index contributed by atoms with van der Waals surface area (Å²) in [6, 6.07) is 6.28. The van der Waals surface area contributed by atoms with Gasteiger partial charge in [0.05, 0.1) is 18.7 Å². The van der Waals surface area contributed by atoms with Crippen molar-refractivity contribution in [2.24, 2.45) is 0 Å². The Morgan fingerprint density at radius 3 is 2.57 bits per heavy atom. The van der Waals surface area contributed by atoms with Gasteiger partial charge in [0.1, 0.15) is 11.4 Å². The van der Waals surface area contributed by atoms with Crippen LogP contribution in [-0.2, 0) is 9.53 Å². The van der Waals surface area contributed by atoms with Gasteiger partial charge in [0, 0.05) is 5.70 Å². The molecule has 2 N–H and O–H groups in total. The first-order valence-electron chi connectivity index (χ1n) is 7.37. The third kappa shape index (κ3) is 4.03. The monoisotopic (exact) mass is 318 g/mol. The van der Waals surface area contributed by atoms with E-state index in [0.29, 0.717) is 17.0 Å². The number of rotatable bonds is 3. The van der Waals surface area contributed by atoms with Gasteiger partial charge in [-0.3, -0.25) is 0 Å². The van der Waals surface area contributed by atoms with Crippen LogP contribution in [0.3, 0.4) is 0 Å². The third-order valence-electron chi connectivity index (χ3n) is 3.32. The van der Waals surface area contributed by atoms with Gasteiger partial charge in [-0.25, -0.2) is 9.59 Å². The van der Waals surface area contributed by atoms with Crippen LogP contribution in [0.25, 0.3) is 0 Å². The van der Waals surface area contributed by atoms with Crippen LogP contribution in [0.1, 0.15) is 39.3 Å². The minimum Gasteiger partial charge on any atom is -0.497 e. The van der Waals surface area contributed by atoms with Crippen molar-refractivity contribution in [1.82, 2.24) is 10.6 Å². The zero-order valence-electron chi connectivity index (χ0n) is 14.0. The van der Waals surface area contributed by atoms with Crippen LogP contribution in [-0.4, -0.2) is 24.7 Å². The van der Waals surface area contributed by atoms with E-state index >= 15 is 0 Å². The molecule has 1 atom stereocenters. The number of nitrogens with one attached hydrogen (secondary N) is 2. The van der Waals surface area contributed by atoms with Gasteiger partial charge in [-0.05, 0) is 45.4 Å². The van der Waals surface area contributed by atoms with E-state index in [0.717, 1.165) is 5.56 Å². The van der Waals surface area contributed by atoms with E-state index in [1.807, 2.05) is 12.1 Å². The van der Waals surface area contributed by atoms with Gasteiger partial charge in [0.2, 0.25) is 0 Å². The van der Waals surface area contributed by atoms with E-state index in [1.165, 1.54) is 0 Å². The van der Waals surface area contributed by atoms with Gasteiger partial charge >= 0.3 is 12.0 Å². The van der Waals surface area contributed by atoms with E-state index in [4.69, 9.17) is 9.47 Å². The maximum Gasteiger partial charge on any atom is 0.338 e. The number of hydrogen-bond donors (Lipinski definition) is 2. The molecule has 124 valence electrons. The molecule has 0 aromatic heterocycles. The number of carbonyl (C=O) groups excluding carboxylic acids is 2. The van der Waals surface area contributed by atoms with Crippen LogP contribution in [0.15, 0.2) is 35.5 Å². The topological polar surface area (TPSA) is 76.7 Å². The number of ether oxygens (including phenoxy) is 2. The standard InChI is InChI=1S/C17H22N2O4/c1-10-13(15(20)23-17(2,3)4)14(19-16(21)18-10)11-7-6-8-12(9-11)22-5/h6-9,14H,1-5H3,(H2,18,19,21). The first kappa shape index (κ1) is 16.9. The molecule has 1 aromatic rings. The van der Waals surface area contributed by atoms with Crippen molar-refractivity contribution < 1.29 is 19.1 Å². The number of amides is 2. The second kappa shape index (κ2) is 6.32. The zero-order chi connectivity index (χ0) is 17.2. The molecule has 1 aliphatic heterocycles. The van der Waals surface area contributed by atoms with E-state index < -0.39 is 17.6 Å². The number of carbonyl (C=O) groups is 2. The van der Waals surface area contributed by atoms with Crippen LogP contribution in [0.5, 0.6) is 5.75 Å². The molecule has 2 rings (SSSR count). The Kier molecular flexibility index (Phi) is 4.63. The fraction of sp³-hybridized carbons (Fsp3) is 0.412. The molecule has 0 fully saturated rings. The average Bonchev–Trinajstić information content (AvgIpc) is 2.44. The highest BCUT2D eigenvalue weighted by Gasteiger charge is 2.34. The van der Waals surface area contributed by atoms with E-state index in [1.54, 1.807) is 46.9 Å². The van der Waals surface area contributed by atoms with Crippen LogP contribution in [0, 0.1) is 0 Å². The Labute approximate surface area is 135 Å². The quantitative estimate of drug-likeness (QED) is 0.840. The summed E-state index contributed by atoms with van der Waals surface area (Å²) in [6.07, 6.45) is 0. The molecule has 0 saturated heterocycles. The molecule has 1 aromatic carbocycles. The average molecular weight is 318 g/mol. The van der Waals surface area contributed by atoms with Crippen LogP contribution in [0.2, 0.25) is 0 Å². The van der Waals surface area contributed by atoms with E-state index in [2.05, 4.69) is 10.6 Å². The number of methoxy groups -OCH3 is 1. The van der Waals surface area contributed by atoms with Crippen molar-refractivity contribution in [3.63, 3.8) is 0 Å². The number of allylic oxidation sites excluding steroid dienone is 1.